The van der Waals surface area contributed by atoms with E-state index in [2.05, 4.69) is 92.7 Å². The van der Waals surface area contributed by atoms with E-state index in [0.29, 0.717) is 5.92 Å². The van der Waals surface area contributed by atoms with Gasteiger partial charge < -0.3 is 5.11 Å². The number of nitrogens with zero attached hydrogens (tertiary/aromatic N) is 2. The van der Waals surface area contributed by atoms with Crippen LogP contribution in [0.4, 0.5) is 0 Å². The van der Waals surface area contributed by atoms with Gasteiger partial charge in [-0.15, -0.1) is 29.1 Å². The molecule has 2 heterocycles. The quantitative estimate of drug-likeness (QED) is 0.0863. The molecule has 5 aromatic rings. The van der Waals surface area contributed by atoms with Crippen molar-refractivity contribution >= 4 is 16.6 Å². The summed E-state index contributed by atoms with van der Waals surface area (Å²) in [5.41, 5.74) is 10.1. The van der Waals surface area contributed by atoms with Crippen LogP contribution in [-0.2, 0) is 37.7 Å². The average Bonchev–Trinajstić information content (AvgIpc) is 3.16. The molecule has 5 heteroatoms. The van der Waals surface area contributed by atoms with Gasteiger partial charge in [-0.2, -0.15) is 0 Å². The summed E-state index contributed by atoms with van der Waals surface area (Å²) in [5.74, 6) is 0.718. The van der Waals surface area contributed by atoms with Crippen molar-refractivity contribution in [2.45, 2.75) is 99.8 Å². The zero-order chi connectivity index (χ0) is 36.1. The third kappa shape index (κ3) is 8.43. The molecule has 0 bridgehead atoms. The standard InChI is InChI=1S/C31H25N2.C15H28O2.Ir/c1-20(2)29-18-24(16-22-10-6-7-11-26(22)29)31-27-13-12-23-17-25(21-8-4-3-5-9-21)19-33-30(23)28(27)14-15-32-31;1-7-14(5,8-2)12(16)11-13(17)15(6,9-3)10-4;/h3-11,14-15,17-20H,12-13H2,1-2H3;11,16H,7-10H2,1-6H3;/q-1;;/b;12-11-;. The van der Waals surface area contributed by atoms with Gasteiger partial charge in [0.1, 0.15) is 5.76 Å². The average molecular weight is 858 g/mol. The molecule has 0 saturated carbocycles. The summed E-state index contributed by atoms with van der Waals surface area (Å²) in [7, 11) is 0. The second-order valence-corrected chi connectivity index (χ2v) is 14.6. The summed E-state index contributed by atoms with van der Waals surface area (Å²) in [6, 6.07) is 29.4. The number of aliphatic hydroxyl groups is 1. The van der Waals surface area contributed by atoms with Crippen LogP contribution >= 0.6 is 0 Å². The monoisotopic (exact) mass is 858 g/mol. The van der Waals surface area contributed by atoms with Gasteiger partial charge in [0.25, 0.3) is 0 Å². The smallest absolute Gasteiger partial charge is 0.164 e. The molecular weight excluding hydrogens is 805 g/mol. The number of pyridine rings is 2. The van der Waals surface area contributed by atoms with Crippen molar-refractivity contribution in [3.05, 3.63) is 120 Å². The fourth-order valence-electron chi connectivity index (χ4n) is 6.74. The molecule has 0 aliphatic heterocycles. The molecule has 269 valence electrons. The fraction of sp³-hybridized carbons (Fsp3) is 0.370. The van der Waals surface area contributed by atoms with Crippen molar-refractivity contribution in [1.82, 2.24) is 9.97 Å². The van der Waals surface area contributed by atoms with Gasteiger partial charge in [0.05, 0.1) is 5.69 Å². The molecule has 0 unspecified atom stereocenters. The van der Waals surface area contributed by atoms with Crippen LogP contribution < -0.4 is 0 Å². The maximum absolute atomic E-state index is 12.2. The van der Waals surface area contributed by atoms with Crippen LogP contribution in [0.1, 0.15) is 104 Å². The number of rotatable bonds is 10. The Labute approximate surface area is 319 Å². The maximum Gasteiger partial charge on any atom is 0.164 e. The van der Waals surface area contributed by atoms with Crippen molar-refractivity contribution in [2.75, 3.05) is 0 Å². The molecule has 1 aliphatic carbocycles. The third-order valence-electron chi connectivity index (χ3n) is 11.3. The summed E-state index contributed by atoms with van der Waals surface area (Å²) < 4.78 is 0. The number of hydrogen-bond donors (Lipinski definition) is 1. The number of aromatic nitrogens is 2. The maximum atomic E-state index is 12.2. The van der Waals surface area contributed by atoms with Gasteiger partial charge in [-0.3, -0.25) is 14.8 Å². The number of aliphatic hydroxyl groups excluding tert-OH is 1. The molecule has 1 N–H and O–H groups in total. The summed E-state index contributed by atoms with van der Waals surface area (Å²) in [5, 5.41) is 12.6. The van der Waals surface area contributed by atoms with Gasteiger partial charge in [0.15, 0.2) is 5.78 Å². The zero-order valence-corrected chi connectivity index (χ0v) is 34.0. The van der Waals surface area contributed by atoms with E-state index in [1.807, 2.05) is 53.9 Å². The molecule has 1 radical (unpaired) electrons. The van der Waals surface area contributed by atoms with E-state index in [9.17, 15) is 9.90 Å². The van der Waals surface area contributed by atoms with Crippen LogP contribution in [0.2, 0.25) is 0 Å². The predicted molar refractivity (Wildman–Crippen MR) is 209 cm³/mol. The fourth-order valence-corrected chi connectivity index (χ4v) is 6.74. The van der Waals surface area contributed by atoms with Crippen LogP contribution in [0.3, 0.4) is 0 Å². The number of aryl methyl sites for hydroxylation is 1. The Morgan fingerprint density at radius 1 is 0.824 bits per heavy atom. The Morgan fingerprint density at radius 2 is 1.47 bits per heavy atom. The number of carbonyl (C=O) groups excluding carboxylic acids is 1. The molecular formula is C46H53IrN2O2-. The second-order valence-electron chi connectivity index (χ2n) is 14.6. The minimum atomic E-state index is -0.337. The van der Waals surface area contributed by atoms with E-state index in [1.54, 1.807) is 0 Å². The van der Waals surface area contributed by atoms with Crippen LogP contribution in [0.15, 0.2) is 97.0 Å². The van der Waals surface area contributed by atoms with Gasteiger partial charge in [-0.25, -0.2) is 0 Å². The van der Waals surface area contributed by atoms with E-state index in [4.69, 9.17) is 9.97 Å². The van der Waals surface area contributed by atoms with Crippen molar-refractivity contribution in [3.8, 4) is 33.6 Å². The molecule has 1 aliphatic rings. The molecule has 2 aromatic heterocycles. The largest absolute Gasteiger partial charge is 0.512 e. The van der Waals surface area contributed by atoms with Gasteiger partial charge >= 0.3 is 0 Å². The Morgan fingerprint density at radius 3 is 2.12 bits per heavy atom. The first-order valence-corrected chi connectivity index (χ1v) is 18.4. The topological polar surface area (TPSA) is 63.1 Å². The minimum absolute atomic E-state index is 0. The molecule has 0 spiro atoms. The van der Waals surface area contributed by atoms with E-state index < -0.39 is 0 Å². The molecule has 6 rings (SSSR count). The van der Waals surface area contributed by atoms with Crippen molar-refractivity contribution in [3.63, 3.8) is 0 Å². The number of ketones is 1. The van der Waals surface area contributed by atoms with Gasteiger partial charge in [-0.05, 0) is 78.8 Å². The van der Waals surface area contributed by atoms with Gasteiger partial charge in [0.2, 0.25) is 0 Å². The van der Waals surface area contributed by atoms with E-state index in [1.165, 1.54) is 44.8 Å². The molecule has 0 saturated heterocycles. The number of allylic oxidation sites excluding steroid dienone is 2. The van der Waals surface area contributed by atoms with Crippen LogP contribution in [-0.4, -0.2) is 20.9 Å². The Balaban J connectivity index is 0.000000279. The van der Waals surface area contributed by atoms with E-state index in [0.717, 1.165) is 60.9 Å². The first kappa shape index (κ1) is 39.9. The van der Waals surface area contributed by atoms with Gasteiger partial charge in [-0.1, -0.05) is 115 Å². The van der Waals surface area contributed by atoms with Crippen molar-refractivity contribution in [1.29, 1.82) is 0 Å². The number of benzene rings is 3. The van der Waals surface area contributed by atoms with Gasteiger partial charge in [0, 0.05) is 60.7 Å². The predicted octanol–water partition coefficient (Wildman–Crippen LogP) is 12.3. The Kier molecular flexibility index (Phi) is 13.3. The Hall–Kier alpha value is -3.92. The van der Waals surface area contributed by atoms with Crippen molar-refractivity contribution in [2.24, 2.45) is 10.8 Å². The third-order valence-corrected chi connectivity index (χ3v) is 11.3. The molecule has 3 aromatic carbocycles. The van der Waals surface area contributed by atoms with E-state index >= 15 is 0 Å². The van der Waals surface area contributed by atoms with Crippen LogP contribution in [0.25, 0.3) is 44.4 Å². The molecule has 4 nitrogen and oxygen atoms in total. The molecule has 0 amide bonds. The number of carbonyl (C=O) groups is 1. The summed E-state index contributed by atoms with van der Waals surface area (Å²) in [6.45, 7) is 16.6. The van der Waals surface area contributed by atoms with Crippen LogP contribution in [0.5, 0.6) is 0 Å². The second kappa shape index (κ2) is 17.1. The summed E-state index contributed by atoms with van der Waals surface area (Å²) in [6.07, 6.45) is 10.6. The Bertz CT molecular complexity index is 1990. The normalized spacial score (nSPS) is 12.8. The molecule has 0 fully saturated rings. The summed E-state index contributed by atoms with van der Waals surface area (Å²) in [4.78, 5) is 22.0. The van der Waals surface area contributed by atoms with E-state index in [-0.39, 0.29) is 42.5 Å². The summed E-state index contributed by atoms with van der Waals surface area (Å²) >= 11 is 0. The number of fused-ring (bicyclic) bond motifs is 4. The zero-order valence-electron chi connectivity index (χ0n) is 31.6. The first-order valence-electron chi connectivity index (χ1n) is 18.4. The minimum Gasteiger partial charge on any atom is -0.512 e. The van der Waals surface area contributed by atoms with Crippen LogP contribution in [0, 0.1) is 16.9 Å². The van der Waals surface area contributed by atoms with Crippen molar-refractivity contribution < 1.29 is 30.0 Å². The number of hydrogen-bond acceptors (Lipinski definition) is 4. The first-order chi connectivity index (χ1) is 24.0. The molecule has 51 heavy (non-hydrogen) atoms. The molecule has 0 atom stereocenters. The SMILES string of the molecule is CC(C)c1cc(-c2nccc3c2CCc2cc(-c4ccccc4)cnc2-3)[c-]c2ccccc12.CCC(C)(CC)C(=O)/C=C(\O)C(C)(CC)CC.[Ir].